The molecule has 0 bridgehead atoms. The number of aryl methyl sites for hydroxylation is 1. The zero-order chi connectivity index (χ0) is 21.3. The normalized spacial score (nSPS) is 17.1. The predicted octanol–water partition coefficient (Wildman–Crippen LogP) is 2.77. The highest BCUT2D eigenvalue weighted by Gasteiger charge is 2.33. The van der Waals surface area contributed by atoms with Crippen molar-refractivity contribution in [1.82, 2.24) is 0 Å². The Kier molecular flexibility index (Phi) is 5.16. The van der Waals surface area contributed by atoms with Crippen molar-refractivity contribution in [2.24, 2.45) is 0 Å². The van der Waals surface area contributed by atoms with Crippen LogP contribution >= 0.6 is 0 Å². The van der Waals surface area contributed by atoms with E-state index in [4.69, 9.17) is 0 Å². The first-order chi connectivity index (χ1) is 13.6. The number of hydrogen-bond donors (Lipinski definition) is 0. The van der Waals surface area contributed by atoms with E-state index in [0.717, 1.165) is 29.2 Å². The lowest BCUT2D eigenvalue weighted by atomic mass is 10.1. The minimum Gasteiger partial charge on any atom is -0.300 e. The molecule has 1 amide bonds. The van der Waals surface area contributed by atoms with Gasteiger partial charge in [-0.15, -0.1) is 0 Å². The van der Waals surface area contributed by atoms with E-state index >= 15 is 0 Å². The summed E-state index contributed by atoms with van der Waals surface area (Å²) in [6.07, 6.45) is 1.35. The fraction of sp³-hybridized carbons (Fsp3) is 0.167. The van der Waals surface area contributed by atoms with Gasteiger partial charge in [0.05, 0.1) is 33.3 Å². The molecule has 0 saturated carbocycles. The van der Waals surface area contributed by atoms with E-state index in [9.17, 15) is 33.4 Å². The maximum absolute atomic E-state index is 13.2. The first kappa shape index (κ1) is 20.1. The van der Waals surface area contributed by atoms with Crippen molar-refractivity contribution in [1.29, 1.82) is 0 Å². The number of nitrogens with zero attached hydrogens (tertiary/aromatic N) is 3. The molecule has 1 atom stereocenters. The molecule has 2 aromatic carbocycles. The van der Waals surface area contributed by atoms with Crippen molar-refractivity contribution in [3.05, 3.63) is 85.3 Å². The zero-order valence-corrected chi connectivity index (χ0v) is 15.9. The smallest absolute Gasteiger partial charge is 0.277 e. The molecule has 2 aromatic rings. The summed E-state index contributed by atoms with van der Waals surface area (Å²) in [6.45, 7) is 1.83. The van der Waals surface area contributed by atoms with Gasteiger partial charge in [0.25, 0.3) is 17.3 Å². The van der Waals surface area contributed by atoms with E-state index in [0.29, 0.717) is 5.69 Å². The Morgan fingerprint density at radius 2 is 1.59 bits per heavy atom. The van der Waals surface area contributed by atoms with E-state index in [1.807, 2.05) is 6.92 Å². The average Bonchev–Trinajstić information content (AvgIpc) is 3.02. The van der Waals surface area contributed by atoms with Crippen LogP contribution in [0.1, 0.15) is 15.9 Å². The summed E-state index contributed by atoms with van der Waals surface area (Å²) < 4.78 is 23.7. The second-order valence-corrected chi connectivity index (χ2v) is 8.42. The molecule has 10 nitrogen and oxygen atoms in total. The molecule has 0 fully saturated rings. The van der Waals surface area contributed by atoms with Crippen LogP contribution in [-0.2, 0) is 9.84 Å². The van der Waals surface area contributed by atoms with Gasteiger partial charge in [-0.2, -0.15) is 0 Å². The molecule has 0 aromatic heterocycles. The highest BCUT2D eigenvalue weighted by molar-refractivity contribution is 7.94. The fourth-order valence-corrected chi connectivity index (χ4v) is 4.22. The summed E-state index contributed by atoms with van der Waals surface area (Å²) in [4.78, 5) is 35.0. The first-order valence-electron chi connectivity index (χ1n) is 8.32. The average molecular weight is 417 g/mol. The second-order valence-electron chi connectivity index (χ2n) is 6.49. The molecule has 1 heterocycles. The third kappa shape index (κ3) is 4.29. The highest BCUT2D eigenvalue weighted by Crippen LogP contribution is 2.28. The molecule has 3 rings (SSSR count). The lowest BCUT2D eigenvalue weighted by Crippen LogP contribution is -2.41. The number of nitro benzene ring substituents is 2. The van der Waals surface area contributed by atoms with Gasteiger partial charge in [-0.3, -0.25) is 25.0 Å². The van der Waals surface area contributed by atoms with Gasteiger partial charge in [0.2, 0.25) is 0 Å². The molecule has 0 saturated heterocycles. The molecular formula is C18H15N3O7S. The second kappa shape index (κ2) is 7.43. The van der Waals surface area contributed by atoms with E-state index in [2.05, 4.69) is 0 Å². The summed E-state index contributed by atoms with van der Waals surface area (Å²) in [5, 5.41) is 23.3. The Morgan fingerprint density at radius 3 is 2.03 bits per heavy atom. The maximum Gasteiger partial charge on any atom is 0.277 e. The Balaban J connectivity index is 2.12. The molecule has 0 unspecified atom stereocenters. The predicted molar refractivity (Wildman–Crippen MR) is 104 cm³/mol. The summed E-state index contributed by atoms with van der Waals surface area (Å²) in [5.41, 5.74) is -0.241. The van der Waals surface area contributed by atoms with E-state index in [1.54, 1.807) is 24.3 Å². The van der Waals surface area contributed by atoms with Crippen LogP contribution in [0.5, 0.6) is 0 Å². The molecule has 0 N–H and O–H groups in total. The molecule has 0 spiro atoms. The van der Waals surface area contributed by atoms with Crippen LogP contribution in [0, 0.1) is 27.2 Å². The number of hydrogen-bond acceptors (Lipinski definition) is 7. The van der Waals surface area contributed by atoms with Crippen molar-refractivity contribution >= 4 is 32.8 Å². The third-order valence-corrected chi connectivity index (χ3v) is 5.72. The van der Waals surface area contributed by atoms with Gasteiger partial charge >= 0.3 is 0 Å². The molecule has 29 heavy (non-hydrogen) atoms. The Bertz CT molecular complexity index is 1110. The van der Waals surface area contributed by atoms with Crippen LogP contribution in [0.2, 0.25) is 0 Å². The van der Waals surface area contributed by atoms with E-state index in [-0.39, 0.29) is 11.3 Å². The zero-order valence-electron chi connectivity index (χ0n) is 15.1. The number of benzene rings is 2. The van der Waals surface area contributed by atoms with Crippen LogP contribution < -0.4 is 4.90 Å². The number of non-ortho nitro benzene ring substituents is 2. The number of carbonyl (C=O) groups is 1. The van der Waals surface area contributed by atoms with Crippen molar-refractivity contribution in [2.75, 3.05) is 10.7 Å². The van der Waals surface area contributed by atoms with Gasteiger partial charge in [0.15, 0.2) is 9.84 Å². The topological polar surface area (TPSA) is 141 Å². The molecule has 1 aliphatic heterocycles. The third-order valence-electron chi connectivity index (χ3n) is 4.34. The van der Waals surface area contributed by atoms with Crippen molar-refractivity contribution in [2.45, 2.75) is 13.0 Å². The minimum atomic E-state index is -3.51. The molecule has 11 heteroatoms. The molecule has 1 aliphatic rings. The largest absolute Gasteiger partial charge is 0.300 e. The van der Waals surface area contributed by atoms with Gasteiger partial charge < -0.3 is 4.90 Å². The molecule has 0 aliphatic carbocycles. The van der Waals surface area contributed by atoms with Crippen LogP contribution in [0.25, 0.3) is 0 Å². The summed E-state index contributed by atoms with van der Waals surface area (Å²) in [6, 6.07) is 8.43. The summed E-state index contributed by atoms with van der Waals surface area (Å²) >= 11 is 0. The van der Waals surface area contributed by atoms with Gasteiger partial charge in [0, 0.05) is 23.2 Å². The van der Waals surface area contributed by atoms with E-state index < -0.39 is 43.0 Å². The molecule has 150 valence electrons. The monoisotopic (exact) mass is 417 g/mol. The van der Waals surface area contributed by atoms with Crippen LogP contribution in [0.4, 0.5) is 17.1 Å². The highest BCUT2D eigenvalue weighted by atomic mass is 32.2. The van der Waals surface area contributed by atoms with Gasteiger partial charge in [-0.05, 0) is 25.1 Å². The molecule has 0 radical (unpaired) electrons. The Morgan fingerprint density at radius 1 is 1.03 bits per heavy atom. The summed E-state index contributed by atoms with van der Waals surface area (Å²) in [5.74, 6) is -1.14. The quantitative estimate of drug-likeness (QED) is 0.538. The Hall–Kier alpha value is -3.60. The van der Waals surface area contributed by atoms with Crippen molar-refractivity contribution in [3.63, 3.8) is 0 Å². The van der Waals surface area contributed by atoms with Crippen molar-refractivity contribution < 1.29 is 23.1 Å². The Labute approximate surface area is 165 Å². The number of nitro groups is 2. The maximum atomic E-state index is 13.2. The van der Waals surface area contributed by atoms with Crippen LogP contribution in [0.3, 0.4) is 0 Å². The fourth-order valence-electron chi connectivity index (χ4n) is 2.95. The number of anilines is 1. The van der Waals surface area contributed by atoms with E-state index in [1.165, 1.54) is 11.0 Å². The lowest BCUT2D eigenvalue weighted by molar-refractivity contribution is -0.394. The number of carbonyl (C=O) groups excluding carboxylic acids is 1. The van der Waals surface area contributed by atoms with Gasteiger partial charge in [-0.25, -0.2) is 8.42 Å². The standard InChI is InChI=1S/C18H15N3O7S/c1-12-2-4-14(5-3-12)19(15-6-7-29(27,28)11-15)18(22)13-8-16(20(23)24)10-17(9-13)21(25)26/h2-10,15H,11H2,1H3/t15-/m1/s1. The lowest BCUT2D eigenvalue weighted by Gasteiger charge is -2.28. The number of rotatable bonds is 5. The number of amides is 1. The van der Waals surface area contributed by atoms with Crippen LogP contribution in [-0.4, -0.2) is 36.0 Å². The van der Waals surface area contributed by atoms with Gasteiger partial charge in [-0.1, -0.05) is 17.7 Å². The molecular weight excluding hydrogens is 402 g/mol. The minimum absolute atomic E-state index is 0.288. The van der Waals surface area contributed by atoms with Crippen LogP contribution in [0.15, 0.2) is 53.9 Å². The SMILES string of the molecule is Cc1ccc(N(C(=O)c2cc([N+](=O)[O-])cc([N+](=O)[O-])c2)[C@@H]2C=CS(=O)(=O)C2)cc1. The van der Waals surface area contributed by atoms with Crippen molar-refractivity contribution in [3.8, 4) is 0 Å². The number of sulfone groups is 1. The van der Waals surface area contributed by atoms with Gasteiger partial charge in [0.1, 0.15) is 0 Å². The summed E-state index contributed by atoms with van der Waals surface area (Å²) in [7, 11) is -3.51. The first-order valence-corrected chi connectivity index (χ1v) is 10.0.